The zero-order valence-electron chi connectivity index (χ0n) is 12.3. The summed E-state index contributed by atoms with van der Waals surface area (Å²) in [6.45, 7) is 9.66. The third-order valence-electron chi connectivity index (χ3n) is 3.52. The SMILES string of the molecule is CCC(CO)(CCCOC(C)CC(C)C)NC. The van der Waals surface area contributed by atoms with Gasteiger partial charge in [-0.15, -0.1) is 0 Å². The maximum atomic E-state index is 9.40. The van der Waals surface area contributed by atoms with Crippen LogP contribution in [0.2, 0.25) is 0 Å². The minimum atomic E-state index is -0.120. The van der Waals surface area contributed by atoms with Gasteiger partial charge >= 0.3 is 0 Å². The molecule has 0 aliphatic heterocycles. The lowest BCUT2D eigenvalue weighted by molar-refractivity contribution is 0.0425. The molecule has 0 amide bonds. The fourth-order valence-electron chi connectivity index (χ4n) is 2.18. The number of hydrogen-bond donors (Lipinski definition) is 2. The van der Waals surface area contributed by atoms with Crippen molar-refractivity contribution in [2.45, 2.75) is 65.0 Å². The van der Waals surface area contributed by atoms with Crippen LogP contribution in [0.25, 0.3) is 0 Å². The highest BCUT2D eigenvalue weighted by Gasteiger charge is 2.24. The average molecular weight is 245 g/mol. The number of aliphatic hydroxyl groups is 1. The highest BCUT2D eigenvalue weighted by Crippen LogP contribution is 2.17. The van der Waals surface area contributed by atoms with E-state index in [1.54, 1.807) is 0 Å². The van der Waals surface area contributed by atoms with E-state index < -0.39 is 0 Å². The number of likely N-dealkylation sites (N-methyl/N-ethyl adjacent to an activating group) is 1. The molecular weight excluding hydrogens is 214 g/mol. The van der Waals surface area contributed by atoms with Crippen molar-refractivity contribution in [3.63, 3.8) is 0 Å². The number of ether oxygens (including phenoxy) is 1. The van der Waals surface area contributed by atoms with Crippen molar-refractivity contribution in [1.29, 1.82) is 0 Å². The predicted octanol–water partition coefficient (Wildman–Crippen LogP) is 2.58. The highest BCUT2D eigenvalue weighted by molar-refractivity contribution is 4.84. The van der Waals surface area contributed by atoms with E-state index in [0.717, 1.165) is 32.3 Å². The summed E-state index contributed by atoms with van der Waals surface area (Å²) in [4.78, 5) is 0. The van der Waals surface area contributed by atoms with Crippen LogP contribution in [0.1, 0.15) is 53.4 Å². The summed E-state index contributed by atoms with van der Waals surface area (Å²) in [6.07, 6.45) is 4.37. The van der Waals surface area contributed by atoms with Crippen molar-refractivity contribution in [3.8, 4) is 0 Å². The Morgan fingerprint density at radius 2 is 1.94 bits per heavy atom. The van der Waals surface area contributed by atoms with E-state index in [1.165, 1.54) is 0 Å². The maximum absolute atomic E-state index is 9.40. The summed E-state index contributed by atoms with van der Waals surface area (Å²) in [5, 5.41) is 12.6. The molecule has 0 saturated carbocycles. The zero-order chi connectivity index (χ0) is 13.3. The lowest BCUT2D eigenvalue weighted by Gasteiger charge is -2.30. The highest BCUT2D eigenvalue weighted by atomic mass is 16.5. The molecule has 2 N–H and O–H groups in total. The molecule has 0 aromatic rings. The molecule has 0 fully saturated rings. The van der Waals surface area contributed by atoms with Gasteiger partial charge in [0.25, 0.3) is 0 Å². The Labute approximate surface area is 107 Å². The molecule has 0 aromatic carbocycles. The van der Waals surface area contributed by atoms with Crippen LogP contribution >= 0.6 is 0 Å². The molecule has 0 radical (unpaired) electrons. The first-order chi connectivity index (χ1) is 7.99. The lowest BCUT2D eigenvalue weighted by Crippen LogP contribution is -2.46. The van der Waals surface area contributed by atoms with Gasteiger partial charge in [-0.2, -0.15) is 0 Å². The van der Waals surface area contributed by atoms with Gasteiger partial charge in [-0.05, 0) is 45.6 Å². The van der Waals surface area contributed by atoms with E-state index >= 15 is 0 Å². The smallest absolute Gasteiger partial charge is 0.0613 e. The fourth-order valence-corrected chi connectivity index (χ4v) is 2.18. The normalized spacial score (nSPS) is 17.1. The van der Waals surface area contributed by atoms with Gasteiger partial charge in [0, 0.05) is 12.1 Å². The van der Waals surface area contributed by atoms with Crippen LogP contribution in [0.15, 0.2) is 0 Å². The molecule has 0 aromatic heterocycles. The maximum Gasteiger partial charge on any atom is 0.0613 e. The van der Waals surface area contributed by atoms with E-state index in [2.05, 4.69) is 33.0 Å². The first-order valence-corrected chi connectivity index (χ1v) is 6.91. The molecule has 17 heavy (non-hydrogen) atoms. The van der Waals surface area contributed by atoms with Gasteiger partial charge in [-0.25, -0.2) is 0 Å². The van der Waals surface area contributed by atoms with Gasteiger partial charge < -0.3 is 15.2 Å². The van der Waals surface area contributed by atoms with Crippen LogP contribution in [0, 0.1) is 5.92 Å². The van der Waals surface area contributed by atoms with E-state index in [4.69, 9.17) is 4.74 Å². The average Bonchev–Trinajstić information content (AvgIpc) is 2.29. The minimum absolute atomic E-state index is 0.120. The molecule has 0 heterocycles. The van der Waals surface area contributed by atoms with E-state index in [9.17, 15) is 5.11 Å². The molecule has 2 unspecified atom stereocenters. The van der Waals surface area contributed by atoms with Crippen LogP contribution in [0.4, 0.5) is 0 Å². The van der Waals surface area contributed by atoms with Gasteiger partial charge in [-0.3, -0.25) is 0 Å². The summed E-state index contributed by atoms with van der Waals surface area (Å²) in [5.41, 5.74) is -0.120. The second-order valence-electron chi connectivity index (χ2n) is 5.46. The number of hydrogen-bond acceptors (Lipinski definition) is 3. The van der Waals surface area contributed by atoms with Crippen LogP contribution in [0.3, 0.4) is 0 Å². The molecule has 2 atom stereocenters. The van der Waals surface area contributed by atoms with Crippen molar-refractivity contribution in [1.82, 2.24) is 5.32 Å². The second kappa shape index (κ2) is 8.90. The quantitative estimate of drug-likeness (QED) is 0.581. The Hall–Kier alpha value is -0.120. The van der Waals surface area contributed by atoms with E-state index in [0.29, 0.717) is 12.0 Å². The minimum Gasteiger partial charge on any atom is -0.394 e. The summed E-state index contributed by atoms with van der Waals surface area (Å²) >= 11 is 0. The molecule has 0 aliphatic rings. The molecular formula is C14H31NO2. The summed E-state index contributed by atoms with van der Waals surface area (Å²) in [6, 6.07) is 0. The van der Waals surface area contributed by atoms with Gasteiger partial charge in [0.05, 0.1) is 12.7 Å². The number of nitrogens with one attached hydrogen (secondary N) is 1. The molecule has 0 rings (SSSR count). The monoisotopic (exact) mass is 245 g/mol. The molecule has 0 saturated heterocycles. The molecule has 0 aliphatic carbocycles. The van der Waals surface area contributed by atoms with Gasteiger partial charge in [0.2, 0.25) is 0 Å². The third kappa shape index (κ3) is 7.02. The van der Waals surface area contributed by atoms with Crippen molar-refractivity contribution in [2.24, 2.45) is 5.92 Å². The van der Waals surface area contributed by atoms with Gasteiger partial charge in [0.1, 0.15) is 0 Å². The van der Waals surface area contributed by atoms with Gasteiger partial charge in [0.15, 0.2) is 0 Å². The topological polar surface area (TPSA) is 41.5 Å². The molecule has 3 heteroatoms. The van der Waals surface area contributed by atoms with Gasteiger partial charge in [-0.1, -0.05) is 20.8 Å². The Morgan fingerprint density at radius 1 is 1.29 bits per heavy atom. The largest absolute Gasteiger partial charge is 0.394 e. The molecule has 104 valence electrons. The van der Waals surface area contributed by atoms with Crippen molar-refractivity contribution < 1.29 is 9.84 Å². The van der Waals surface area contributed by atoms with Crippen molar-refractivity contribution >= 4 is 0 Å². The van der Waals surface area contributed by atoms with E-state index in [1.807, 2.05) is 7.05 Å². The predicted molar refractivity (Wildman–Crippen MR) is 73.3 cm³/mol. The van der Waals surface area contributed by atoms with Crippen LogP contribution in [-0.4, -0.2) is 37.0 Å². The Balaban J connectivity index is 3.75. The molecule has 0 spiro atoms. The zero-order valence-corrected chi connectivity index (χ0v) is 12.3. The van der Waals surface area contributed by atoms with Crippen molar-refractivity contribution in [2.75, 3.05) is 20.3 Å². The number of rotatable bonds is 10. The Morgan fingerprint density at radius 3 is 2.35 bits per heavy atom. The molecule has 3 nitrogen and oxygen atoms in total. The molecule has 0 bridgehead atoms. The summed E-state index contributed by atoms with van der Waals surface area (Å²) in [7, 11) is 1.92. The lowest BCUT2D eigenvalue weighted by atomic mass is 9.92. The Kier molecular flexibility index (Phi) is 8.83. The first-order valence-electron chi connectivity index (χ1n) is 6.91. The fraction of sp³-hybridized carbons (Fsp3) is 1.00. The first kappa shape index (κ1) is 16.9. The van der Waals surface area contributed by atoms with Crippen molar-refractivity contribution in [3.05, 3.63) is 0 Å². The third-order valence-corrected chi connectivity index (χ3v) is 3.52. The second-order valence-corrected chi connectivity index (χ2v) is 5.46. The summed E-state index contributed by atoms with van der Waals surface area (Å²) < 4.78 is 5.77. The van der Waals surface area contributed by atoms with Crippen LogP contribution < -0.4 is 5.32 Å². The van der Waals surface area contributed by atoms with E-state index in [-0.39, 0.29) is 12.1 Å². The number of aliphatic hydroxyl groups excluding tert-OH is 1. The Bertz CT molecular complexity index is 171. The summed E-state index contributed by atoms with van der Waals surface area (Å²) in [5.74, 6) is 0.689. The van der Waals surface area contributed by atoms with Crippen LogP contribution in [-0.2, 0) is 4.74 Å². The van der Waals surface area contributed by atoms with Crippen LogP contribution in [0.5, 0.6) is 0 Å². The standard InChI is InChI=1S/C14H31NO2/c1-6-14(11-16,15-5)8-7-9-17-13(4)10-12(2)3/h12-13,15-16H,6-11H2,1-5H3.